The van der Waals surface area contributed by atoms with Gasteiger partial charge in [-0.3, -0.25) is 9.59 Å². The number of nitrogens with one attached hydrogen (secondary N) is 1. The molecule has 0 saturated carbocycles. The van der Waals surface area contributed by atoms with Crippen molar-refractivity contribution in [3.8, 4) is 0 Å². The Morgan fingerprint density at radius 1 is 1.32 bits per heavy atom. The maximum absolute atomic E-state index is 12.4. The van der Waals surface area contributed by atoms with Gasteiger partial charge < -0.3 is 14.6 Å². The van der Waals surface area contributed by atoms with Gasteiger partial charge in [-0.15, -0.1) is 0 Å². The van der Waals surface area contributed by atoms with Crippen molar-refractivity contribution in [3.05, 3.63) is 47.7 Å². The predicted molar refractivity (Wildman–Crippen MR) is 95.2 cm³/mol. The molecule has 0 radical (unpaired) electrons. The monoisotopic (exact) mass is 338 g/mol. The molecule has 5 heteroatoms. The van der Waals surface area contributed by atoms with Crippen LogP contribution < -0.4 is 0 Å². The van der Waals surface area contributed by atoms with Crippen molar-refractivity contribution in [3.63, 3.8) is 0 Å². The van der Waals surface area contributed by atoms with E-state index < -0.39 is 0 Å². The molecule has 3 heterocycles. The number of aromatic amines is 1. The zero-order chi connectivity index (χ0) is 17.4. The van der Waals surface area contributed by atoms with Gasteiger partial charge >= 0.3 is 5.97 Å². The van der Waals surface area contributed by atoms with Crippen LogP contribution in [0.4, 0.5) is 0 Å². The summed E-state index contributed by atoms with van der Waals surface area (Å²) in [6.45, 7) is 0.669. The van der Waals surface area contributed by atoms with Crippen molar-refractivity contribution in [2.75, 3.05) is 13.7 Å². The molecular weight excluding hydrogens is 316 g/mol. The lowest BCUT2D eigenvalue weighted by molar-refractivity contribution is -0.142. The first-order chi connectivity index (χ1) is 12.1. The highest BCUT2D eigenvalue weighted by Crippen LogP contribution is 2.37. The minimum absolute atomic E-state index is 0.0492. The van der Waals surface area contributed by atoms with Gasteiger partial charge in [0.25, 0.3) is 0 Å². The van der Waals surface area contributed by atoms with Gasteiger partial charge in [0, 0.05) is 35.6 Å². The van der Waals surface area contributed by atoms with E-state index >= 15 is 0 Å². The van der Waals surface area contributed by atoms with E-state index in [2.05, 4.69) is 23.2 Å². The summed E-state index contributed by atoms with van der Waals surface area (Å²) in [7, 11) is 1.41. The van der Waals surface area contributed by atoms with Crippen molar-refractivity contribution in [2.24, 2.45) is 0 Å². The fourth-order valence-electron chi connectivity index (χ4n) is 4.26. The molecule has 0 unspecified atom stereocenters. The molecule has 1 aromatic carbocycles. The summed E-state index contributed by atoms with van der Waals surface area (Å²) in [5.41, 5.74) is 3.35. The third-order valence-electron chi connectivity index (χ3n) is 5.62. The summed E-state index contributed by atoms with van der Waals surface area (Å²) < 4.78 is 4.79. The number of H-pyrrole nitrogens is 1. The lowest BCUT2D eigenvalue weighted by Gasteiger charge is -2.39. The average Bonchev–Trinajstić information content (AvgIpc) is 3.12. The van der Waals surface area contributed by atoms with E-state index in [1.165, 1.54) is 23.8 Å². The van der Waals surface area contributed by atoms with Gasteiger partial charge in [0.2, 0.25) is 5.91 Å². The van der Waals surface area contributed by atoms with Crippen LogP contribution in [0.15, 0.2) is 36.4 Å². The molecule has 2 aromatic rings. The van der Waals surface area contributed by atoms with Gasteiger partial charge in [-0.25, -0.2) is 0 Å². The smallest absolute Gasteiger partial charge is 0.305 e. The van der Waals surface area contributed by atoms with Crippen LogP contribution in [0.3, 0.4) is 0 Å². The van der Waals surface area contributed by atoms with Gasteiger partial charge in [0.05, 0.1) is 12.6 Å². The number of aromatic nitrogens is 1. The standard InChI is InChI=1S/C20H22N2O3/c1-25-19(24)8-12-20-10-6-17-15(9-13-22(20)18(23)7-11-20)14-4-2-3-5-16(14)21-17/h2-5,7,11,21H,6,8-10,12-13H2,1H3/t20-/m0/s1. The molecule has 4 rings (SSSR count). The van der Waals surface area contributed by atoms with E-state index in [1.807, 2.05) is 17.0 Å². The molecule has 25 heavy (non-hydrogen) atoms. The molecule has 0 aliphatic carbocycles. The lowest BCUT2D eigenvalue weighted by atomic mass is 9.84. The van der Waals surface area contributed by atoms with Crippen molar-refractivity contribution in [2.45, 2.75) is 37.6 Å². The van der Waals surface area contributed by atoms with E-state index in [1.54, 1.807) is 6.08 Å². The van der Waals surface area contributed by atoms with Crippen LogP contribution in [0.2, 0.25) is 0 Å². The molecule has 1 amide bonds. The van der Waals surface area contributed by atoms with Gasteiger partial charge in [-0.2, -0.15) is 0 Å². The fraction of sp³-hybridized carbons (Fsp3) is 0.400. The third-order valence-corrected chi connectivity index (χ3v) is 5.62. The number of esters is 1. The van der Waals surface area contributed by atoms with Gasteiger partial charge in [0.15, 0.2) is 0 Å². The molecule has 0 saturated heterocycles. The number of carbonyl (C=O) groups is 2. The van der Waals surface area contributed by atoms with Crippen LogP contribution >= 0.6 is 0 Å². The third kappa shape index (κ3) is 2.64. The van der Waals surface area contributed by atoms with Gasteiger partial charge in [0.1, 0.15) is 0 Å². The molecule has 1 aromatic heterocycles. The molecule has 130 valence electrons. The molecule has 1 atom stereocenters. The van der Waals surface area contributed by atoms with Crippen LogP contribution in [-0.4, -0.2) is 41.0 Å². The molecule has 2 aliphatic heterocycles. The molecule has 5 nitrogen and oxygen atoms in total. The largest absolute Gasteiger partial charge is 0.469 e. The minimum atomic E-state index is -0.375. The SMILES string of the molecule is COC(=O)CC[C@]12C=CC(=O)N1CCc1c([nH]c3ccccc13)CC2. The minimum Gasteiger partial charge on any atom is -0.469 e. The molecule has 0 spiro atoms. The van der Waals surface area contributed by atoms with E-state index in [0.29, 0.717) is 19.4 Å². The Hall–Kier alpha value is -2.56. The number of ether oxygens (including phenoxy) is 1. The van der Waals surface area contributed by atoms with E-state index in [0.717, 1.165) is 24.8 Å². The summed E-state index contributed by atoms with van der Waals surface area (Å²) in [5.74, 6) is -0.177. The second-order valence-corrected chi connectivity index (χ2v) is 6.88. The molecule has 0 bridgehead atoms. The van der Waals surface area contributed by atoms with E-state index in [9.17, 15) is 9.59 Å². The second kappa shape index (κ2) is 6.06. The van der Waals surface area contributed by atoms with Gasteiger partial charge in [-0.1, -0.05) is 24.3 Å². The number of benzene rings is 1. The number of nitrogens with zero attached hydrogens (tertiary/aromatic N) is 1. The van der Waals surface area contributed by atoms with Crippen molar-refractivity contribution in [1.82, 2.24) is 9.88 Å². The Balaban J connectivity index is 1.67. The summed E-state index contributed by atoms with van der Waals surface area (Å²) in [6.07, 6.45) is 7.08. The fourth-order valence-corrected chi connectivity index (χ4v) is 4.26. The van der Waals surface area contributed by atoms with E-state index in [-0.39, 0.29) is 17.4 Å². The van der Waals surface area contributed by atoms with Crippen LogP contribution in [-0.2, 0) is 27.2 Å². The number of amides is 1. The molecule has 0 fully saturated rings. The van der Waals surface area contributed by atoms with E-state index in [4.69, 9.17) is 4.74 Å². The zero-order valence-corrected chi connectivity index (χ0v) is 14.4. The van der Waals surface area contributed by atoms with Gasteiger partial charge in [-0.05, 0) is 37.3 Å². The Morgan fingerprint density at radius 3 is 3.00 bits per heavy atom. The van der Waals surface area contributed by atoms with Crippen LogP contribution in [0.5, 0.6) is 0 Å². The summed E-state index contributed by atoms with van der Waals surface area (Å²) >= 11 is 0. The predicted octanol–water partition coefficient (Wildman–Crippen LogP) is 2.75. The van der Waals surface area contributed by atoms with Crippen molar-refractivity contribution < 1.29 is 14.3 Å². The number of methoxy groups -OCH3 is 1. The number of hydrogen-bond acceptors (Lipinski definition) is 3. The molecular formula is C20H22N2O3. The first-order valence-electron chi connectivity index (χ1n) is 8.79. The Kier molecular flexibility index (Phi) is 3.86. The average molecular weight is 338 g/mol. The van der Waals surface area contributed by atoms with Crippen LogP contribution in [0.1, 0.15) is 30.5 Å². The number of para-hydroxylation sites is 1. The number of aryl methyl sites for hydroxylation is 1. The summed E-state index contributed by atoms with van der Waals surface area (Å²) in [6, 6.07) is 8.33. The molecule has 1 N–H and O–H groups in total. The topological polar surface area (TPSA) is 62.4 Å². The summed E-state index contributed by atoms with van der Waals surface area (Å²) in [4.78, 5) is 29.6. The number of fused-ring (bicyclic) bond motifs is 4. The number of hydrogen-bond donors (Lipinski definition) is 1. The highest BCUT2D eigenvalue weighted by atomic mass is 16.5. The number of rotatable bonds is 3. The first kappa shape index (κ1) is 15.9. The Bertz CT molecular complexity index is 867. The summed E-state index contributed by atoms with van der Waals surface area (Å²) in [5, 5.41) is 1.25. The normalized spacial score (nSPS) is 22.4. The second-order valence-electron chi connectivity index (χ2n) is 6.88. The zero-order valence-electron chi connectivity index (χ0n) is 14.4. The lowest BCUT2D eigenvalue weighted by Crippen LogP contribution is -2.48. The van der Waals surface area contributed by atoms with Crippen LogP contribution in [0.25, 0.3) is 10.9 Å². The highest BCUT2D eigenvalue weighted by molar-refractivity contribution is 5.92. The highest BCUT2D eigenvalue weighted by Gasteiger charge is 2.42. The molecule has 2 aliphatic rings. The Morgan fingerprint density at radius 2 is 2.16 bits per heavy atom. The maximum atomic E-state index is 12.4. The van der Waals surface area contributed by atoms with Crippen molar-refractivity contribution >= 4 is 22.8 Å². The maximum Gasteiger partial charge on any atom is 0.305 e. The van der Waals surface area contributed by atoms with Crippen molar-refractivity contribution in [1.29, 1.82) is 0 Å². The quantitative estimate of drug-likeness (QED) is 0.876. The number of carbonyl (C=O) groups excluding carboxylic acids is 2. The first-order valence-corrected chi connectivity index (χ1v) is 8.79. The Labute approximate surface area is 146 Å². The van der Waals surface area contributed by atoms with Crippen LogP contribution in [0, 0.1) is 0 Å².